The fraction of sp³-hybridized carbons (Fsp3) is 1.00. The molecule has 2 aliphatic rings. The number of ether oxygens (including phenoxy) is 1. The lowest BCUT2D eigenvalue weighted by Crippen LogP contribution is -2.41. The molecule has 1 heterocycles. The number of hydrogen-bond acceptors (Lipinski definition) is 3. The van der Waals surface area contributed by atoms with E-state index in [1.807, 2.05) is 0 Å². The quantitative estimate of drug-likeness (QED) is 0.576. The van der Waals surface area contributed by atoms with Crippen LogP contribution in [0.2, 0.25) is 0 Å². The van der Waals surface area contributed by atoms with Gasteiger partial charge in [0, 0.05) is 0 Å². The van der Waals surface area contributed by atoms with Crippen molar-refractivity contribution in [2.75, 3.05) is 6.61 Å². The van der Waals surface area contributed by atoms with Crippen LogP contribution in [0, 0.1) is 0 Å². The molecule has 1 saturated heterocycles. The fourth-order valence-corrected chi connectivity index (χ4v) is 3.57. The molecule has 4 nitrogen and oxygen atoms in total. The largest absolute Gasteiger partial charge is 0.373 e. The van der Waals surface area contributed by atoms with Crippen LogP contribution in [-0.4, -0.2) is 30.4 Å². The van der Waals surface area contributed by atoms with Crippen molar-refractivity contribution in [2.45, 2.75) is 49.4 Å². The van der Waals surface area contributed by atoms with Crippen LogP contribution in [0.5, 0.6) is 0 Å². The molecular weight excluding hydrogens is 204 g/mol. The Morgan fingerprint density at radius 2 is 1.86 bits per heavy atom. The minimum atomic E-state index is -3.92. The first-order valence-electron chi connectivity index (χ1n) is 5.12. The van der Waals surface area contributed by atoms with Crippen LogP contribution in [0.1, 0.15) is 38.5 Å². The molecule has 0 radical (unpaired) electrons. The SMILES string of the molecule is O=S(=O)(O)C1(CC2CO2)CCCCC1. The van der Waals surface area contributed by atoms with Crippen molar-refractivity contribution in [3.8, 4) is 0 Å². The number of rotatable bonds is 3. The molecule has 1 aliphatic carbocycles. The van der Waals surface area contributed by atoms with Crippen LogP contribution in [-0.2, 0) is 14.9 Å². The Hall–Kier alpha value is -0.130. The zero-order valence-electron chi connectivity index (χ0n) is 8.11. The smallest absolute Gasteiger partial charge is 0.270 e. The summed E-state index contributed by atoms with van der Waals surface area (Å²) in [5.41, 5.74) is 0. The highest BCUT2D eigenvalue weighted by molar-refractivity contribution is 7.87. The van der Waals surface area contributed by atoms with Crippen LogP contribution < -0.4 is 0 Å². The normalized spacial score (nSPS) is 31.4. The summed E-state index contributed by atoms with van der Waals surface area (Å²) in [5, 5.41) is 0. The van der Waals surface area contributed by atoms with Crippen molar-refractivity contribution in [2.24, 2.45) is 0 Å². The highest BCUT2D eigenvalue weighted by Crippen LogP contribution is 2.40. The molecule has 1 aliphatic heterocycles. The van der Waals surface area contributed by atoms with E-state index >= 15 is 0 Å². The lowest BCUT2D eigenvalue weighted by atomic mass is 9.85. The van der Waals surface area contributed by atoms with E-state index in [4.69, 9.17) is 4.74 Å². The van der Waals surface area contributed by atoms with E-state index < -0.39 is 14.9 Å². The van der Waals surface area contributed by atoms with E-state index in [0.717, 1.165) is 19.3 Å². The highest BCUT2D eigenvalue weighted by Gasteiger charge is 2.47. The molecule has 0 aromatic rings. The summed E-state index contributed by atoms with van der Waals surface area (Å²) in [4.78, 5) is 0. The van der Waals surface area contributed by atoms with Gasteiger partial charge in [0.1, 0.15) is 0 Å². The summed E-state index contributed by atoms with van der Waals surface area (Å²) in [6.45, 7) is 0.650. The van der Waals surface area contributed by atoms with Crippen LogP contribution in [0.3, 0.4) is 0 Å². The van der Waals surface area contributed by atoms with Crippen molar-refractivity contribution in [3.05, 3.63) is 0 Å². The average Bonchev–Trinajstić information content (AvgIpc) is 2.88. The van der Waals surface area contributed by atoms with Crippen molar-refractivity contribution in [1.29, 1.82) is 0 Å². The van der Waals surface area contributed by atoms with Gasteiger partial charge < -0.3 is 4.74 Å². The van der Waals surface area contributed by atoms with E-state index in [-0.39, 0.29) is 6.10 Å². The molecule has 0 spiro atoms. The van der Waals surface area contributed by atoms with Gasteiger partial charge in [-0.25, -0.2) is 0 Å². The molecule has 0 aromatic heterocycles. The Morgan fingerprint density at radius 1 is 1.29 bits per heavy atom. The molecule has 14 heavy (non-hydrogen) atoms. The van der Waals surface area contributed by atoms with Crippen LogP contribution in [0.25, 0.3) is 0 Å². The summed E-state index contributed by atoms with van der Waals surface area (Å²) in [6, 6.07) is 0. The minimum absolute atomic E-state index is 0.0648. The van der Waals surface area contributed by atoms with Gasteiger partial charge in [0.25, 0.3) is 10.1 Å². The third-order valence-electron chi connectivity index (χ3n) is 3.31. The van der Waals surface area contributed by atoms with Crippen molar-refractivity contribution < 1.29 is 17.7 Å². The minimum Gasteiger partial charge on any atom is -0.373 e. The van der Waals surface area contributed by atoms with Crippen molar-refractivity contribution >= 4 is 10.1 Å². The molecule has 1 N–H and O–H groups in total. The maximum atomic E-state index is 11.4. The summed E-state index contributed by atoms with van der Waals surface area (Å²) in [5.74, 6) is 0. The number of hydrogen-bond donors (Lipinski definition) is 1. The van der Waals surface area contributed by atoms with Crippen molar-refractivity contribution in [1.82, 2.24) is 0 Å². The molecule has 2 rings (SSSR count). The standard InChI is InChI=1S/C9H16O4S/c10-14(11,12)9(6-8-7-13-8)4-2-1-3-5-9/h8H,1-7H2,(H,10,11,12). The molecule has 1 saturated carbocycles. The van der Waals surface area contributed by atoms with Gasteiger partial charge in [-0.05, 0) is 19.3 Å². The first kappa shape index (κ1) is 10.4. The van der Waals surface area contributed by atoms with Gasteiger partial charge in [0.2, 0.25) is 0 Å². The Balaban J connectivity index is 2.17. The van der Waals surface area contributed by atoms with E-state index in [1.165, 1.54) is 0 Å². The molecule has 5 heteroatoms. The maximum absolute atomic E-state index is 11.4. The van der Waals surface area contributed by atoms with E-state index in [9.17, 15) is 13.0 Å². The van der Waals surface area contributed by atoms with Gasteiger partial charge in [-0.1, -0.05) is 19.3 Å². The molecular formula is C9H16O4S. The first-order valence-corrected chi connectivity index (χ1v) is 6.56. The monoisotopic (exact) mass is 220 g/mol. The zero-order chi connectivity index (χ0) is 10.2. The molecule has 0 amide bonds. The van der Waals surface area contributed by atoms with E-state index in [1.54, 1.807) is 0 Å². The Morgan fingerprint density at radius 3 is 2.29 bits per heavy atom. The zero-order valence-corrected chi connectivity index (χ0v) is 8.92. The van der Waals surface area contributed by atoms with Crippen LogP contribution in [0.4, 0.5) is 0 Å². The Kier molecular flexibility index (Phi) is 2.57. The Labute approximate surface area is 84.4 Å². The van der Waals surface area contributed by atoms with Gasteiger partial charge in [-0.15, -0.1) is 0 Å². The second-order valence-corrected chi connectivity index (χ2v) is 6.19. The topological polar surface area (TPSA) is 66.9 Å². The summed E-state index contributed by atoms with van der Waals surface area (Å²) in [7, 11) is -3.92. The number of epoxide rings is 1. The lowest BCUT2D eigenvalue weighted by Gasteiger charge is -2.33. The molecule has 1 atom stereocenters. The molecule has 82 valence electrons. The summed E-state index contributed by atoms with van der Waals surface area (Å²) in [6.07, 6.45) is 4.58. The lowest BCUT2D eigenvalue weighted by molar-refractivity contribution is 0.289. The third-order valence-corrected chi connectivity index (χ3v) is 4.98. The van der Waals surface area contributed by atoms with Crippen LogP contribution in [0.15, 0.2) is 0 Å². The van der Waals surface area contributed by atoms with Gasteiger partial charge in [-0.3, -0.25) is 4.55 Å². The van der Waals surface area contributed by atoms with Gasteiger partial charge in [-0.2, -0.15) is 8.42 Å². The third kappa shape index (κ3) is 1.94. The van der Waals surface area contributed by atoms with Gasteiger partial charge >= 0.3 is 0 Å². The molecule has 1 unspecified atom stereocenters. The summed E-state index contributed by atoms with van der Waals surface area (Å²) < 4.78 is 36.2. The second-order valence-electron chi connectivity index (χ2n) is 4.38. The molecule has 0 aromatic carbocycles. The van der Waals surface area contributed by atoms with E-state index in [0.29, 0.717) is 25.9 Å². The first-order chi connectivity index (χ1) is 6.54. The second kappa shape index (κ2) is 3.47. The highest BCUT2D eigenvalue weighted by atomic mass is 32.2. The molecule has 2 fully saturated rings. The molecule has 0 bridgehead atoms. The van der Waals surface area contributed by atoms with Gasteiger partial charge in [0.05, 0.1) is 17.5 Å². The maximum Gasteiger partial charge on any atom is 0.270 e. The predicted molar refractivity (Wildman–Crippen MR) is 51.7 cm³/mol. The Bertz CT molecular complexity index is 299. The van der Waals surface area contributed by atoms with E-state index in [2.05, 4.69) is 0 Å². The predicted octanol–water partition coefficient (Wildman–Crippen LogP) is 1.37. The average molecular weight is 220 g/mol. The fourth-order valence-electron chi connectivity index (χ4n) is 2.36. The van der Waals surface area contributed by atoms with Gasteiger partial charge in [0.15, 0.2) is 0 Å². The van der Waals surface area contributed by atoms with Crippen LogP contribution >= 0.6 is 0 Å². The summed E-state index contributed by atoms with van der Waals surface area (Å²) >= 11 is 0. The van der Waals surface area contributed by atoms with Crippen molar-refractivity contribution in [3.63, 3.8) is 0 Å².